The van der Waals surface area contributed by atoms with Crippen LogP contribution in [0.4, 0.5) is 0 Å². The number of carbonyl (C=O) groups excluding carboxylic acids is 1. The van der Waals surface area contributed by atoms with E-state index in [0.29, 0.717) is 12.6 Å². The third-order valence-corrected chi connectivity index (χ3v) is 3.08. The second-order valence-electron chi connectivity index (χ2n) is 3.58. The lowest BCUT2D eigenvalue weighted by atomic mass is 10.3. The van der Waals surface area contributed by atoms with Crippen molar-refractivity contribution in [2.24, 2.45) is 0 Å². The predicted molar refractivity (Wildman–Crippen MR) is 64.5 cm³/mol. The minimum Gasteiger partial charge on any atom is -0.350 e. The van der Waals surface area contributed by atoms with Crippen molar-refractivity contribution in [2.45, 2.75) is 26.8 Å². The van der Waals surface area contributed by atoms with Crippen molar-refractivity contribution in [1.29, 1.82) is 0 Å². The Bertz CT molecular complexity index is 322. The molecular weight excluding hydrogens is 208 g/mol. The number of aryl methyl sites for hydroxylation is 1. The maximum Gasteiger partial charge on any atom is 0.261 e. The number of likely N-dealkylation sites (N-methyl/N-ethyl adjacent to an activating group) is 1. The normalized spacial score (nSPS) is 12.5. The van der Waals surface area contributed by atoms with Crippen LogP contribution in [0.3, 0.4) is 0 Å². The van der Waals surface area contributed by atoms with Crippen LogP contribution in [0.2, 0.25) is 0 Å². The highest BCUT2D eigenvalue weighted by Crippen LogP contribution is 2.14. The van der Waals surface area contributed by atoms with Crippen LogP contribution < -0.4 is 10.6 Å². The quantitative estimate of drug-likeness (QED) is 0.803. The number of amides is 1. The Balaban J connectivity index is 2.36. The molecule has 0 bridgehead atoms. The van der Waals surface area contributed by atoms with Crippen molar-refractivity contribution in [1.82, 2.24) is 10.6 Å². The second kappa shape index (κ2) is 5.88. The van der Waals surface area contributed by atoms with Gasteiger partial charge in [0.05, 0.1) is 4.88 Å². The molecule has 1 atom stereocenters. The van der Waals surface area contributed by atoms with E-state index in [2.05, 4.69) is 24.5 Å². The average molecular weight is 226 g/mol. The molecule has 1 aromatic rings. The molecule has 0 fully saturated rings. The lowest BCUT2D eigenvalue weighted by Crippen LogP contribution is -2.38. The van der Waals surface area contributed by atoms with Gasteiger partial charge in [-0.05, 0) is 32.5 Å². The highest BCUT2D eigenvalue weighted by atomic mass is 32.1. The molecule has 0 spiro atoms. The lowest BCUT2D eigenvalue weighted by Gasteiger charge is -2.12. The van der Waals surface area contributed by atoms with E-state index in [-0.39, 0.29) is 5.91 Å². The van der Waals surface area contributed by atoms with Crippen LogP contribution in [0.5, 0.6) is 0 Å². The Morgan fingerprint density at radius 2 is 2.27 bits per heavy atom. The molecule has 4 heteroatoms. The number of nitrogens with one attached hydrogen (secondary N) is 2. The second-order valence-corrected chi connectivity index (χ2v) is 4.87. The molecule has 0 unspecified atom stereocenters. The van der Waals surface area contributed by atoms with E-state index in [1.165, 1.54) is 16.2 Å². The first-order valence-corrected chi connectivity index (χ1v) is 6.03. The van der Waals surface area contributed by atoms with E-state index < -0.39 is 0 Å². The summed E-state index contributed by atoms with van der Waals surface area (Å²) in [7, 11) is 0. The van der Waals surface area contributed by atoms with Gasteiger partial charge in [0.1, 0.15) is 0 Å². The Morgan fingerprint density at radius 3 is 2.80 bits per heavy atom. The van der Waals surface area contributed by atoms with E-state index in [1.54, 1.807) is 0 Å². The molecule has 3 nitrogen and oxygen atoms in total. The van der Waals surface area contributed by atoms with Gasteiger partial charge in [0.25, 0.3) is 5.91 Å². The fraction of sp³-hybridized carbons (Fsp3) is 0.545. The van der Waals surface area contributed by atoms with Gasteiger partial charge in [-0.15, -0.1) is 11.3 Å². The zero-order chi connectivity index (χ0) is 11.3. The Hall–Kier alpha value is -0.870. The molecule has 1 aromatic heterocycles. The molecule has 1 rings (SSSR count). The Morgan fingerprint density at radius 1 is 1.53 bits per heavy atom. The van der Waals surface area contributed by atoms with Crippen molar-refractivity contribution >= 4 is 17.2 Å². The van der Waals surface area contributed by atoms with E-state index in [1.807, 2.05) is 19.1 Å². The van der Waals surface area contributed by atoms with Gasteiger partial charge in [0.15, 0.2) is 0 Å². The minimum absolute atomic E-state index is 0.0258. The molecule has 2 N–H and O–H groups in total. The van der Waals surface area contributed by atoms with E-state index in [9.17, 15) is 4.79 Å². The van der Waals surface area contributed by atoms with Gasteiger partial charge in [-0.2, -0.15) is 0 Å². The van der Waals surface area contributed by atoms with Crippen LogP contribution in [-0.2, 0) is 0 Å². The number of hydrogen-bond acceptors (Lipinski definition) is 3. The van der Waals surface area contributed by atoms with Crippen molar-refractivity contribution < 1.29 is 4.79 Å². The first kappa shape index (κ1) is 12.2. The number of rotatable bonds is 5. The maximum atomic E-state index is 11.6. The fourth-order valence-electron chi connectivity index (χ4n) is 1.31. The van der Waals surface area contributed by atoms with Gasteiger partial charge in [0.2, 0.25) is 0 Å². The number of carbonyl (C=O) groups is 1. The average Bonchev–Trinajstić information content (AvgIpc) is 2.62. The first-order chi connectivity index (χ1) is 7.13. The molecule has 15 heavy (non-hydrogen) atoms. The van der Waals surface area contributed by atoms with Gasteiger partial charge in [-0.1, -0.05) is 6.92 Å². The third-order valence-electron chi connectivity index (χ3n) is 2.09. The van der Waals surface area contributed by atoms with Crippen molar-refractivity contribution in [3.8, 4) is 0 Å². The molecule has 0 aliphatic carbocycles. The smallest absolute Gasteiger partial charge is 0.261 e. The first-order valence-electron chi connectivity index (χ1n) is 5.21. The Labute approximate surface area is 94.9 Å². The summed E-state index contributed by atoms with van der Waals surface area (Å²) >= 11 is 1.53. The van der Waals surface area contributed by atoms with Gasteiger partial charge in [0, 0.05) is 17.5 Å². The van der Waals surface area contributed by atoms with Crippen molar-refractivity contribution in [3.05, 3.63) is 21.9 Å². The van der Waals surface area contributed by atoms with Crippen LogP contribution in [-0.4, -0.2) is 25.0 Å². The van der Waals surface area contributed by atoms with E-state index >= 15 is 0 Å². The molecule has 84 valence electrons. The molecule has 0 saturated heterocycles. The van der Waals surface area contributed by atoms with E-state index in [0.717, 1.165) is 11.4 Å². The summed E-state index contributed by atoms with van der Waals surface area (Å²) in [5.74, 6) is 0.0258. The largest absolute Gasteiger partial charge is 0.350 e. The summed E-state index contributed by atoms with van der Waals surface area (Å²) < 4.78 is 0. The molecule has 0 aliphatic rings. The van der Waals surface area contributed by atoms with Crippen LogP contribution in [0, 0.1) is 6.92 Å². The minimum atomic E-state index is 0.0258. The summed E-state index contributed by atoms with van der Waals surface area (Å²) in [6.45, 7) is 7.71. The molecular formula is C11H18N2OS. The molecule has 0 saturated carbocycles. The van der Waals surface area contributed by atoms with Crippen molar-refractivity contribution in [2.75, 3.05) is 13.1 Å². The van der Waals surface area contributed by atoms with Crippen LogP contribution in [0.25, 0.3) is 0 Å². The fourth-order valence-corrected chi connectivity index (χ4v) is 2.09. The zero-order valence-electron chi connectivity index (χ0n) is 9.46. The monoisotopic (exact) mass is 226 g/mol. The lowest BCUT2D eigenvalue weighted by molar-refractivity contribution is 0.0954. The number of thiophene rings is 1. The molecule has 1 amide bonds. The Kier molecular flexibility index (Phi) is 4.78. The molecule has 0 aromatic carbocycles. The molecule has 0 radical (unpaired) electrons. The zero-order valence-corrected chi connectivity index (χ0v) is 10.3. The van der Waals surface area contributed by atoms with E-state index in [4.69, 9.17) is 0 Å². The summed E-state index contributed by atoms with van der Waals surface area (Å²) in [6.07, 6.45) is 0. The highest BCUT2D eigenvalue weighted by Gasteiger charge is 2.08. The summed E-state index contributed by atoms with van der Waals surface area (Å²) in [6, 6.07) is 4.15. The summed E-state index contributed by atoms with van der Waals surface area (Å²) in [5.41, 5.74) is 0. The SMILES string of the molecule is CCN[C@H](C)CNC(=O)c1ccc(C)s1. The van der Waals surface area contributed by atoms with Gasteiger partial charge >= 0.3 is 0 Å². The number of hydrogen-bond donors (Lipinski definition) is 2. The van der Waals surface area contributed by atoms with Crippen LogP contribution >= 0.6 is 11.3 Å². The summed E-state index contributed by atoms with van der Waals surface area (Å²) in [5, 5.41) is 6.15. The van der Waals surface area contributed by atoms with Gasteiger partial charge < -0.3 is 10.6 Å². The topological polar surface area (TPSA) is 41.1 Å². The van der Waals surface area contributed by atoms with Gasteiger partial charge in [-0.3, -0.25) is 4.79 Å². The predicted octanol–water partition coefficient (Wildman–Crippen LogP) is 1.78. The van der Waals surface area contributed by atoms with Gasteiger partial charge in [-0.25, -0.2) is 0 Å². The van der Waals surface area contributed by atoms with Crippen molar-refractivity contribution in [3.63, 3.8) is 0 Å². The molecule has 1 heterocycles. The maximum absolute atomic E-state index is 11.6. The third kappa shape index (κ3) is 4.01. The van der Waals surface area contributed by atoms with Crippen LogP contribution in [0.15, 0.2) is 12.1 Å². The molecule has 0 aliphatic heterocycles. The standard InChI is InChI=1S/C11H18N2OS/c1-4-12-8(2)7-13-11(14)10-6-5-9(3)15-10/h5-6,8,12H,4,7H2,1-3H3,(H,13,14)/t8-/m1/s1. The summed E-state index contributed by atoms with van der Waals surface area (Å²) in [4.78, 5) is 13.6. The van der Waals surface area contributed by atoms with Crippen LogP contribution in [0.1, 0.15) is 28.4 Å². The highest BCUT2D eigenvalue weighted by molar-refractivity contribution is 7.13.